The molecule has 2 aromatic heterocycles. The van der Waals surface area contributed by atoms with E-state index in [2.05, 4.69) is 39.1 Å². The van der Waals surface area contributed by atoms with E-state index in [0.717, 1.165) is 30.1 Å². The molecule has 3 heterocycles. The van der Waals surface area contributed by atoms with Crippen LogP contribution in [0.3, 0.4) is 0 Å². The molecule has 0 N–H and O–H groups in total. The Kier molecular flexibility index (Phi) is 3.38. The van der Waals surface area contributed by atoms with E-state index < -0.39 is 0 Å². The Morgan fingerprint density at radius 3 is 3.14 bits per heavy atom. The molecule has 1 aromatic carbocycles. The van der Waals surface area contributed by atoms with Gasteiger partial charge in [0.05, 0.1) is 0 Å². The molecular formula is C16H16N4OS. The SMILES string of the molecule is Cc1cccc(-c2noc([C@@H]3CCCN3c3nccs3)n2)c1. The number of aryl methyl sites for hydroxylation is 1. The molecule has 1 fully saturated rings. The van der Waals surface area contributed by atoms with Gasteiger partial charge >= 0.3 is 0 Å². The molecule has 0 saturated carbocycles. The number of rotatable bonds is 3. The number of anilines is 1. The van der Waals surface area contributed by atoms with Gasteiger partial charge in [0.2, 0.25) is 11.7 Å². The van der Waals surface area contributed by atoms with Gasteiger partial charge in [0.15, 0.2) is 5.13 Å². The maximum atomic E-state index is 5.55. The number of thiazole rings is 1. The summed E-state index contributed by atoms with van der Waals surface area (Å²) >= 11 is 1.65. The van der Waals surface area contributed by atoms with Crippen LogP contribution in [0.4, 0.5) is 5.13 Å². The van der Waals surface area contributed by atoms with Crippen molar-refractivity contribution in [1.82, 2.24) is 15.1 Å². The summed E-state index contributed by atoms with van der Waals surface area (Å²) in [7, 11) is 0. The van der Waals surface area contributed by atoms with Gasteiger partial charge in [-0.15, -0.1) is 11.3 Å². The van der Waals surface area contributed by atoms with E-state index in [-0.39, 0.29) is 6.04 Å². The van der Waals surface area contributed by atoms with Gasteiger partial charge in [0, 0.05) is 23.7 Å². The lowest BCUT2D eigenvalue weighted by Crippen LogP contribution is -2.22. The first-order valence-corrected chi connectivity index (χ1v) is 8.26. The Morgan fingerprint density at radius 2 is 2.32 bits per heavy atom. The average molecular weight is 312 g/mol. The number of aromatic nitrogens is 3. The molecule has 0 spiro atoms. The summed E-state index contributed by atoms with van der Waals surface area (Å²) in [5, 5.41) is 7.18. The first kappa shape index (κ1) is 13.5. The van der Waals surface area contributed by atoms with Crippen molar-refractivity contribution in [3.63, 3.8) is 0 Å². The van der Waals surface area contributed by atoms with Gasteiger partial charge in [-0.3, -0.25) is 0 Å². The fraction of sp³-hybridized carbons (Fsp3) is 0.312. The van der Waals surface area contributed by atoms with Crippen molar-refractivity contribution in [1.29, 1.82) is 0 Å². The predicted molar refractivity (Wildman–Crippen MR) is 85.9 cm³/mol. The van der Waals surface area contributed by atoms with E-state index in [1.165, 1.54) is 5.56 Å². The normalized spacial score (nSPS) is 18.0. The van der Waals surface area contributed by atoms with Gasteiger partial charge in [0.25, 0.3) is 0 Å². The number of nitrogens with zero attached hydrogens (tertiary/aromatic N) is 4. The molecule has 1 aliphatic heterocycles. The van der Waals surface area contributed by atoms with E-state index in [9.17, 15) is 0 Å². The van der Waals surface area contributed by atoms with Crippen LogP contribution in [0.1, 0.15) is 30.3 Å². The van der Waals surface area contributed by atoms with Crippen LogP contribution in [0.25, 0.3) is 11.4 Å². The van der Waals surface area contributed by atoms with Crippen LogP contribution < -0.4 is 4.90 Å². The molecule has 1 aliphatic rings. The predicted octanol–water partition coefficient (Wildman–Crippen LogP) is 3.84. The van der Waals surface area contributed by atoms with Crippen LogP contribution in [-0.4, -0.2) is 21.7 Å². The quantitative estimate of drug-likeness (QED) is 0.735. The lowest BCUT2D eigenvalue weighted by molar-refractivity contribution is 0.355. The fourth-order valence-corrected chi connectivity index (χ4v) is 3.60. The number of benzene rings is 1. The molecule has 1 saturated heterocycles. The van der Waals surface area contributed by atoms with Gasteiger partial charge in [-0.2, -0.15) is 4.98 Å². The minimum absolute atomic E-state index is 0.136. The topological polar surface area (TPSA) is 55.1 Å². The molecule has 5 nitrogen and oxygen atoms in total. The van der Waals surface area contributed by atoms with E-state index >= 15 is 0 Å². The maximum absolute atomic E-state index is 5.55. The zero-order valence-corrected chi connectivity index (χ0v) is 13.1. The Hall–Kier alpha value is -2.21. The molecule has 112 valence electrons. The van der Waals surface area contributed by atoms with Crippen molar-refractivity contribution >= 4 is 16.5 Å². The number of hydrogen-bond donors (Lipinski definition) is 0. The second-order valence-corrected chi connectivity index (χ2v) is 6.36. The summed E-state index contributed by atoms with van der Waals surface area (Å²) in [5.74, 6) is 1.34. The Morgan fingerprint density at radius 1 is 1.36 bits per heavy atom. The number of hydrogen-bond acceptors (Lipinski definition) is 6. The van der Waals surface area contributed by atoms with Crippen molar-refractivity contribution in [2.45, 2.75) is 25.8 Å². The highest BCUT2D eigenvalue weighted by molar-refractivity contribution is 7.13. The summed E-state index contributed by atoms with van der Waals surface area (Å²) in [4.78, 5) is 11.3. The van der Waals surface area contributed by atoms with Crippen molar-refractivity contribution in [2.75, 3.05) is 11.4 Å². The first-order chi connectivity index (χ1) is 10.8. The molecule has 3 aromatic rings. The summed E-state index contributed by atoms with van der Waals surface area (Å²) in [5.41, 5.74) is 2.18. The van der Waals surface area contributed by atoms with Gasteiger partial charge < -0.3 is 9.42 Å². The molecule has 0 amide bonds. The standard InChI is InChI=1S/C16H16N4OS/c1-11-4-2-5-12(10-11)14-18-15(21-19-14)13-6-3-8-20(13)16-17-7-9-22-16/h2,4-5,7,9-10,13H,3,6,8H2,1H3/t13-/m0/s1. The molecular weight excluding hydrogens is 296 g/mol. The maximum Gasteiger partial charge on any atom is 0.249 e. The molecule has 0 unspecified atom stereocenters. The van der Waals surface area contributed by atoms with Gasteiger partial charge in [-0.05, 0) is 25.8 Å². The van der Waals surface area contributed by atoms with Gasteiger partial charge in [0.1, 0.15) is 6.04 Å². The Bertz CT molecular complexity index is 768. The van der Waals surface area contributed by atoms with Gasteiger partial charge in [-0.1, -0.05) is 28.9 Å². The van der Waals surface area contributed by atoms with Crippen LogP contribution in [0.2, 0.25) is 0 Å². The zero-order chi connectivity index (χ0) is 14.9. The molecule has 0 radical (unpaired) electrons. The fourth-order valence-electron chi connectivity index (χ4n) is 2.88. The third-order valence-corrected chi connectivity index (χ3v) is 4.73. The average Bonchev–Trinajstić information content (AvgIpc) is 3.27. The van der Waals surface area contributed by atoms with E-state index in [1.807, 2.05) is 23.7 Å². The molecule has 4 rings (SSSR count). The third-order valence-electron chi connectivity index (χ3n) is 3.92. The molecule has 22 heavy (non-hydrogen) atoms. The minimum atomic E-state index is 0.136. The third kappa shape index (κ3) is 2.39. The largest absolute Gasteiger partial charge is 0.337 e. The van der Waals surface area contributed by atoms with Gasteiger partial charge in [-0.25, -0.2) is 4.98 Å². The zero-order valence-electron chi connectivity index (χ0n) is 12.3. The summed E-state index contributed by atoms with van der Waals surface area (Å²) in [6, 6.07) is 8.29. The highest BCUT2D eigenvalue weighted by Crippen LogP contribution is 2.36. The molecule has 6 heteroatoms. The summed E-state index contributed by atoms with van der Waals surface area (Å²) in [6.45, 7) is 3.05. The van der Waals surface area contributed by atoms with Crippen molar-refractivity contribution in [2.24, 2.45) is 0 Å². The van der Waals surface area contributed by atoms with Crippen LogP contribution >= 0.6 is 11.3 Å². The van der Waals surface area contributed by atoms with Crippen molar-refractivity contribution in [3.05, 3.63) is 47.3 Å². The molecule has 1 atom stereocenters. The molecule has 0 aliphatic carbocycles. The van der Waals surface area contributed by atoms with Crippen LogP contribution in [-0.2, 0) is 0 Å². The van der Waals surface area contributed by atoms with Crippen LogP contribution in [0.5, 0.6) is 0 Å². The van der Waals surface area contributed by atoms with E-state index in [1.54, 1.807) is 11.3 Å². The Balaban J connectivity index is 1.64. The second kappa shape index (κ2) is 5.53. The summed E-state index contributed by atoms with van der Waals surface area (Å²) < 4.78 is 5.55. The highest BCUT2D eigenvalue weighted by atomic mass is 32.1. The minimum Gasteiger partial charge on any atom is -0.337 e. The Labute approximate surface area is 132 Å². The lowest BCUT2D eigenvalue weighted by Gasteiger charge is -2.20. The second-order valence-electron chi connectivity index (χ2n) is 5.49. The lowest BCUT2D eigenvalue weighted by atomic mass is 10.1. The van der Waals surface area contributed by atoms with Crippen molar-refractivity contribution in [3.8, 4) is 11.4 Å². The van der Waals surface area contributed by atoms with Crippen LogP contribution in [0, 0.1) is 6.92 Å². The molecule has 0 bridgehead atoms. The first-order valence-electron chi connectivity index (χ1n) is 7.38. The summed E-state index contributed by atoms with van der Waals surface area (Å²) in [6.07, 6.45) is 3.98. The van der Waals surface area contributed by atoms with Crippen LogP contribution in [0.15, 0.2) is 40.4 Å². The van der Waals surface area contributed by atoms with Crippen molar-refractivity contribution < 1.29 is 4.52 Å². The van der Waals surface area contributed by atoms with E-state index in [4.69, 9.17) is 4.52 Å². The monoisotopic (exact) mass is 312 g/mol. The van der Waals surface area contributed by atoms with E-state index in [0.29, 0.717) is 11.7 Å². The smallest absolute Gasteiger partial charge is 0.249 e. The highest BCUT2D eigenvalue weighted by Gasteiger charge is 2.32.